The number of ether oxygens (including phenoxy) is 2. The van der Waals surface area contributed by atoms with Crippen LogP contribution in [0.1, 0.15) is 29.7 Å². The molecule has 0 spiro atoms. The number of benzene rings is 2. The molecule has 0 radical (unpaired) electrons. The lowest BCUT2D eigenvalue weighted by atomic mass is 10.0. The van der Waals surface area contributed by atoms with Crippen molar-refractivity contribution < 1.29 is 19.4 Å². The fourth-order valence-corrected chi connectivity index (χ4v) is 2.59. The third-order valence-corrected chi connectivity index (χ3v) is 4.08. The molecular weight excluding hydrogens is 382 g/mol. The highest BCUT2D eigenvalue weighted by atomic mass is 35.5. The van der Waals surface area contributed by atoms with Crippen LogP contribution in [-0.4, -0.2) is 32.1 Å². The molecular formula is C20H25ClN3O4-. The van der Waals surface area contributed by atoms with E-state index in [1.54, 1.807) is 43.5 Å². The molecule has 0 bridgehead atoms. The van der Waals surface area contributed by atoms with Crippen molar-refractivity contribution in [3.8, 4) is 5.75 Å². The second-order valence-electron chi connectivity index (χ2n) is 5.95. The summed E-state index contributed by atoms with van der Waals surface area (Å²) in [6, 6.07) is 11.0. The molecule has 7 nitrogen and oxygen atoms in total. The molecule has 152 valence electrons. The van der Waals surface area contributed by atoms with E-state index < -0.39 is 12.0 Å². The number of nitrogen functional groups attached to an aromatic ring is 1. The summed E-state index contributed by atoms with van der Waals surface area (Å²) in [5.41, 5.74) is 8.05. The van der Waals surface area contributed by atoms with Crippen molar-refractivity contribution in [1.29, 1.82) is 5.41 Å². The maximum absolute atomic E-state index is 11.9. The SMILES string of the molecule is CCc1ccc(OCCOC)c(C(Nc2ccc(C(=N)N)cc2)C(=O)[O-])c1.Cl. The Bertz CT molecular complexity index is 797. The van der Waals surface area contributed by atoms with Crippen LogP contribution < -0.4 is 20.9 Å². The van der Waals surface area contributed by atoms with E-state index in [-0.39, 0.29) is 18.2 Å². The van der Waals surface area contributed by atoms with Gasteiger partial charge in [0.2, 0.25) is 0 Å². The van der Waals surface area contributed by atoms with E-state index in [1.807, 2.05) is 13.0 Å². The van der Waals surface area contributed by atoms with Gasteiger partial charge in [0.1, 0.15) is 18.2 Å². The van der Waals surface area contributed by atoms with Gasteiger partial charge in [-0.3, -0.25) is 5.41 Å². The van der Waals surface area contributed by atoms with Crippen LogP contribution in [0.25, 0.3) is 0 Å². The van der Waals surface area contributed by atoms with Gasteiger partial charge in [0.05, 0.1) is 18.6 Å². The number of aryl methyl sites for hydroxylation is 1. The highest BCUT2D eigenvalue weighted by Crippen LogP contribution is 2.29. The standard InChI is InChI=1S/C20H25N3O4.ClH/c1-3-13-4-9-17(27-11-10-26-2)16(12-13)18(20(24)25)23-15-7-5-14(6-8-15)19(21)22;/h4-9,12,18,23H,3,10-11H2,1-2H3,(H3,21,22)(H,24,25);1H/p-1. The lowest BCUT2D eigenvalue weighted by Crippen LogP contribution is -2.34. The Morgan fingerprint density at radius 1 is 1.21 bits per heavy atom. The number of carbonyl (C=O) groups is 1. The normalized spacial score (nSPS) is 11.2. The van der Waals surface area contributed by atoms with Gasteiger partial charge in [-0.15, -0.1) is 12.4 Å². The predicted molar refractivity (Wildman–Crippen MR) is 109 cm³/mol. The van der Waals surface area contributed by atoms with Crippen molar-refractivity contribution in [2.24, 2.45) is 5.73 Å². The molecule has 2 rings (SSSR count). The van der Waals surface area contributed by atoms with Crippen molar-refractivity contribution in [3.05, 3.63) is 59.2 Å². The van der Waals surface area contributed by atoms with Crippen LogP contribution >= 0.6 is 12.4 Å². The van der Waals surface area contributed by atoms with Crippen LogP contribution in [-0.2, 0) is 16.0 Å². The average molecular weight is 407 g/mol. The Morgan fingerprint density at radius 2 is 1.89 bits per heavy atom. The smallest absolute Gasteiger partial charge is 0.125 e. The number of rotatable bonds is 10. The van der Waals surface area contributed by atoms with Crippen molar-refractivity contribution in [2.45, 2.75) is 19.4 Å². The maximum Gasteiger partial charge on any atom is 0.125 e. The molecule has 0 aromatic heterocycles. The quantitative estimate of drug-likeness (QED) is 0.315. The summed E-state index contributed by atoms with van der Waals surface area (Å²) < 4.78 is 10.7. The first-order chi connectivity index (χ1) is 13.0. The molecule has 1 atom stereocenters. The molecule has 2 aromatic rings. The molecule has 0 saturated carbocycles. The molecule has 0 aliphatic carbocycles. The van der Waals surface area contributed by atoms with Gasteiger partial charge in [0.15, 0.2) is 0 Å². The second-order valence-corrected chi connectivity index (χ2v) is 5.95. The number of aliphatic carboxylic acids is 1. The number of halogens is 1. The Labute approximate surface area is 170 Å². The number of nitrogens with two attached hydrogens (primary N) is 1. The fourth-order valence-electron chi connectivity index (χ4n) is 2.59. The van der Waals surface area contributed by atoms with Gasteiger partial charge in [-0.2, -0.15) is 0 Å². The summed E-state index contributed by atoms with van der Waals surface area (Å²) in [6.07, 6.45) is 0.762. The van der Waals surface area contributed by atoms with E-state index in [0.717, 1.165) is 12.0 Å². The number of methoxy groups -OCH3 is 1. The average Bonchev–Trinajstić information content (AvgIpc) is 2.66. The summed E-state index contributed by atoms with van der Waals surface area (Å²) in [5.74, 6) is -0.857. The summed E-state index contributed by atoms with van der Waals surface area (Å²) in [5, 5.41) is 22.2. The Morgan fingerprint density at radius 3 is 2.43 bits per heavy atom. The fraction of sp³-hybridized carbons (Fsp3) is 0.300. The molecule has 4 N–H and O–H groups in total. The zero-order valence-corrected chi connectivity index (χ0v) is 16.7. The van der Waals surface area contributed by atoms with Crippen LogP contribution in [0.2, 0.25) is 0 Å². The largest absolute Gasteiger partial charge is 0.548 e. The first-order valence-corrected chi connectivity index (χ1v) is 8.62. The second kappa shape index (κ2) is 11.2. The van der Waals surface area contributed by atoms with Crippen LogP contribution in [0.4, 0.5) is 5.69 Å². The van der Waals surface area contributed by atoms with E-state index in [4.69, 9.17) is 20.6 Å². The van der Waals surface area contributed by atoms with E-state index in [9.17, 15) is 9.90 Å². The number of hydrogen-bond donors (Lipinski definition) is 3. The molecule has 0 aliphatic heterocycles. The van der Waals surface area contributed by atoms with Gasteiger partial charge in [-0.1, -0.05) is 13.0 Å². The topological polar surface area (TPSA) is 120 Å². The number of carbonyl (C=O) groups excluding carboxylic acids is 1. The van der Waals surface area contributed by atoms with Crippen LogP contribution in [0, 0.1) is 5.41 Å². The van der Waals surface area contributed by atoms with E-state index in [2.05, 4.69) is 5.32 Å². The molecule has 0 aliphatic rings. The Kier molecular flexibility index (Phi) is 9.27. The minimum absolute atomic E-state index is 0. The first-order valence-electron chi connectivity index (χ1n) is 8.62. The molecule has 0 saturated heterocycles. The molecule has 8 heteroatoms. The maximum atomic E-state index is 11.9. The number of hydrogen-bond acceptors (Lipinski definition) is 6. The molecule has 28 heavy (non-hydrogen) atoms. The summed E-state index contributed by atoms with van der Waals surface area (Å²) in [7, 11) is 1.57. The minimum Gasteiger partial charge on any atom is -0.548 e. The molecule has 1 unspecified atom stereocenters. The zero-order valence-electron chi connectivity index (χ0n) is 15.9. The number of carboxylic acid groups (broad SMARTS) is 1. The molecule has 0 heterocycles. The van der Waals surface area contributed by atoms with Crippen LogP contribution in [0.3, 0.4) is 0 Å². The summed E-state index contributed by atoms with van der Waals surface area (Å²) >= 11 is 0. The number of amidine groups is 1. The Hall–Kier alpha value is -2.77. The summed E-state index contributed by atoms with van der Waals surface area (Å²) in [6.45, 7) is 2.69. The monoisotopic (exact) mass is 406 g/mol. The molecule has 0 fully saturated rings. The number of anilines is 1. The lowest BCUT2D eigenvalue weighted by Gasteiger charge is -2.24. The molecule has 2 aromatic carbocycles. The van der Waals surface area contributed by atoms with Crippen molar-refractivity contribution >= 4 is 29.9 Å². The van der Waals surface area contributed by atoms with Gasteiger partial charge in [0, 0.05) is 23.9 Å². The predicted octanol–water partition coefficient (Wildman–Crippen LogP) is 1.88. The van der Waals surface area contributed by atoms with Crippen LogP contribution in [0.5, 0.6) is 5.75 Å². The van der Waals surface area contributed by atoms with E-state index in [0.29, 0.717) is 35.8 Å². The lowest BCUT2D eigenvalue weighted by molar-refractivity contribution is -0.307. The van der Waals surface area contributed by atoms with Gasteiger partial charge in [0.25, 0.3) is 0 Å². The highest BCUT2D eigenvalue weighted by Gasteiger charge is 2.19. The van der Waals surface area contributed by atoms with Gasteiger partial charge in [-0.05, 0) is 48.4 Å². The number of carboxylic acids is 1. The molecule has 0 amide bonds. The zero-order chi connectivity index (χ0) is 19.8. The third-order valence-electron chi connectivity index (χ3n) is 4.08. The number of nitrogens with one attached hydrogen (secondary N) is 2. The van der Waals surface area contributed by atoms with E-state index >= 15 is 0 Å². The van der Waals surface area contributed by atoms with Crippen LogP contribution in [0.15, 0.2) is 42.5 Å². The summed E-state index contributed by atoms with van der Waals surface area (Å²) in [4.78, 5) is 11.9. The first kappa shape index (κ1) is 23.3. The van der Waals surface area contributed by atoms with Gasteiger partial charge >= 0.3 is 0 Å². The van der Waals surface area contributed by atoms with Crippen molar-refractivity contribution in [2.75, 3.05) is 25.6 Å². The van der Waals surface area contributed by atoms with Gasteiger partial charge < -0.3 is 30.4 Å². The minimum atomic E-state index is -1.27. The highest BCUT2D eigenvalue weighted by molar-refractivity contribution is 5.95. The van der Waals surface area contributed by atoms with E-state index in [1.165, 1.54) is 0 Å². The van der Waals surface area contributed by atoms with Crippen molar-refractivity contribution in [3.63, 3.8) is 0 Å². The Balaban J connectivity index is 0.00000392. The third kappa shape index (κ3) is 6.14. The van der Waals surface area contributed by atoms with Crippen molar-refractivity contribution in [1.82, 2.24) is 0 Å². The van der Waals surface area contributed by atoms with Gasteiger partial charge in [-0.25, -0.2) is 0 Å².